The molecule has 2 heterocycles. The molecule has 4 aromatic rings. The molecule has 1 unspecified atom stereocenters. The zero-order valence-corrected chi connectivity index (χ0v) is 20.6. The number of carbonyl (C=O) groups is 1. The fourth-order valence-corrected chi connectivity index (χ4v) is 5.28. The van der Waals surface area contributed by atoms with E-state index in [0.717, 1.165) is 29.7 Å². The number of nitrogens with zero attached hydrogens (tertiary/aromatic N) is 2. The van der Waals surface area contributed by atoms with Crippen LogP contribution in [0.25, 0.3) is 15.9 Å². The van der Waals surface area contributed by atoms with Crippen LogP contribution >= 0.6 is 23.1 Å². The van der Waals surface area contributed by atoms with E-state index in [1.165, 1.54) is 28.7 Å². The third-order valence-corrected chi connectivity index (χ3v) is 7.33. The number of hydrogen-bond acceptors (Lipinski definition) is 5. The van der Waals surface area contributed by atoms with Crippen LogP contribution in [0.3, 0.4) is 0 Å². The molecule has 1 atom stereocenters. The summed E-state index contributed by atoms with van der Waals surface area (Å²) in [5, 5.41) is 5.49. The number of rotatable bonds is 8. The second kappa shape index (κ2) is 10.4. The Balaban J connectivity index is 1.50. The lowest BCUT2D eigenvalue weighted by atomic mass is 10.1. The Hall–Kier alpha value is -2.90. The van der Waals surface area contributed by atoms with Crippen LogP contribution < -0.4 is 10.9 Å². The van der Waals surface area contributed by atoms with Gasteiger partial charge in [-0.15, -0.1) is 11.3 Å². The lowest BCUT2D eigenvalue weighted by Crippen LogP contribution is -2.34. The number of aromatic nitrogens is 2. The number of thiophene rings is 1. The molecular weight excluding hydrogens is 450 g/mol. The summed E-state index contributed by atoms with van der Waals surface area (Å²) in [5.41, 5.74) is 4.70. The van der Waals surface area contributed by atoms with E-state index in [-0.39, 0.29) is 23.3 Å². The van der Waals surface area contributed by atoms with Crippen molar-refractivity contribution >= 4 is 39.2 Å². The normalized spacial score (nSPS) is 12.1. The summed E-state index contributed by atoms with van der Waals surface area (Å²) in [7, 11) is 0. The van der Waals surface area contributed by atoms with Crippen molar-refractivity contribution in [3.05, 3.63) is 87.0 Å². The van der Waals surface area contributed by atoms with Crippen LogP contribution in [0.5, 0.6) is 0 Å². The van der Waals surface area contributed by atoms with Gasteiger partial charge < -0.3 is 5.32 Å². The van der Waals surface area contributed by atoms with Crippen molar-refractivity contribution in [3.63, 3.8) is 0 Å². The lowest BCUT2D eigenvalue weighted by Gasteiger charge is -2.16. The predicted molar refractivity (Wildman–Crippen MR) is 138 cm³/mol. The summed E-state index contributed by atoms with van der Waals surface area (Å²) >= 11 is 2.69. The molecule has 170 valence electrons. The number of nitrogens with one attached hydrogen (secondary N) is 1. The molecule has 4 rings (SSSR count). The van der Waals surface area contributed by atoms with Crippen molar-refractivity contribution < 1.29 is 4.79 Å². The van der Waals surface area contributed by atoms with Crippen molar-refractivity contribution in [1.82, 2.24) is 14.9 Å². The molecule has 0 aliphatic carbocycles. The van der Waals surface area contributed by atoms with Crippen LogP contribution in [-0.4, -0.2) is 27.3 Å². The molecule has 0 saturated heterocycles. The largest absolute Gasteiger partial charge is 0.353 e. The van der Waals surface area contributed by atoms with Crippen LogP contribution in [0.1, 0.15) is 30.0 Å². The maximum absolute atomic E-state index is 13.3. The van der Waals surface area contributed by atoms with Gasteiger partial charge in [0.05, 0.1) is 17.0 Å². The molecule has 5 nitrogen and oxygen atoms in total. The van der Waals surface area contributed by atoms with Crippen LogP contribution in [0.15, 0.2) is 69.9 Å². The number of carbonyl (C=O) groups excluding carboxylic acids is 1. The van der Waals surface area contributed by atoms with E-state index in [0.29, 0.717) is 15.4 Å². The van der Waals surface area contributed by atoms with Gasteiger partial charge >= 0.3 is 0 Å². The molecule has 0 radical (unpaired) electrons. The molecule has 1 N–H and O–H groups in total. The van der Waals surface area contributed by atoms with E-state index in [1.54, 1.807) is 4.57 Å². The van der Waals surface area contributed by atoms with Crippen molar-refractivity contribution in [2.24, 2.45) is 0 Å². The van der Waals surface area contributed by atoms with E-state index in [2.05, 4.69) is 17.4 Å². The molecule has 0 aliphatic heterocycles. The van der Waals surface area contributed by atoms with Gasteiger partial charge in [-0.1, -0.05) is 54.2 Å². The van der Waals surface area contributed by atoms with Gasteiger partial charge in [0.25, 0.3) is 5.56 Å². The molecule has 0 spiro atoms. The Morgan fingerprint density at radius 3 is 2.73 bits per heavy atom. The summed E-state index contributed by atoms with van der Waals surface area (Å²) in [6.45, 7) is 6.00. The number of thioether (sulfide) groups is 1. The van der Waals surface area contributed by atoms with Gasteiger partial charge in [0.1, 0.15) is 4.70 Å². The van der Waals surface area contributed by atoms with Crippen molar-refractivity contribution in [2.45, 2.75) is 44.8 Å². The second-order valence-corrected chi connectivity index (χ2v) is 10.1. The van der Waals surface area contributed by atoms with E-state index >= 15 is 0 Å². The summed E-state index contributed by atoms with van der Waals surface area (Å²) in [4.78, 5) is 30.7. The number of benzene rings is 2. The highest BCUT2D eigenvalue weighted by atomic mass is 32.2. The third kappa shape index (κ3) is 5.54. The maximum atomic E-state index is 13.3. The van der Waals surface area contributed by atoms with Gasteiger partial charge in [-0.2, -0.15) is 0 Å². The van der Waals surface area contributed by atoms with Crippen molar-refractivity contribution in [3.8, 4) is 5.69 Å². The average molecular weight is 478 g/mol. The number of aryl methyl sites for hydroxylation is 3. The van der Waals surface area contributed by atoms with Gasteiger partial charge in [-0.25, -0.2) is 4.98 Å². The van der Waals surface area contributed by atoms with Gasteiger partial charge in [-0.05, 0) is 67.8 Å². The molecule has 0 aliphatic rings. The fourth-order valence-electron chi connectivity index (χ4n) is 3.71. The molecule has 0 fully saturated rings. The average Bonchev–Trinajstić information content (AvgIpc) is 3.28. The quantitative estimate of drug-likeness (QED) is 0.277. The van der Waals surface area contributed by atoms with Gasteiger partial charge in [0.15, 0.2) is 5.16 Å². The van der Waals surface area contributed by atoms with E-state index in [1.807, 2.05) is 68.6 Å². The van der Waals surface area contributed by atoms with E-state index in [9.17, 15) is 9.59 Å². The molecule has 0 saturated carbocycles. The summed E-state index contributed by atoms with van der Waals surface area (Å²) in [6, 6.07) is 18.2. The fraction of sp³-hybridized carbons (Fsp3) is 0.269. The molecule has 2 aromatic carbocycles. The number of hydrogen-bond donors (Lipinski definition) is 1. The highest BCUT2D eigenvalue weighted by Crippen LogP contribution is 2.25. The number of amides is 1. The standard InChI is InChI=1S/C26H27N3O2S2/c1-17-9-10-18(2)22(15-17)29-25(31)24-21(13-14-32-24)28-26(29)33-16-23(30)27-19(3)11-12-20-7-5-4-6-8-20/h4-10,13-15,19H,11-12,16H2,1-3H3,(H,27,30). The number of fused-ring (bicyclic) bond motifs is 1. The first-order valence-corrected chi connectivity index (χ1v) is 12.8. The molecule has 2 aromatic heterocycles. The van der Waals surface area contributed by atoms with Crippen LogP contribution in [0.4, 0.5) is 0 Å². The van der Waals surface area contributed by atoms with E-state index in [4.69, 9.17) is 4.98 Å². The smallest absolute Gasteiger partial charge is 0.276 e. The molecule has 0 bridgehead atoms. The van der Waals surface area contributed by atoms with Crippen LogP contribution in [-0.2, 0) is 11.2 Å². The van der Waals surface area contributed by atoms with Gasteiger partial charge in [0, 0.05) is 6.04 Å². The Morgan fingerprint density at radius 1 is 1.15 bits per heavy atom. The Morgan fingerprint density at radius 2 is 1.94 bits per heavy atom. The Bertz CT molecular complexity index is 1330. The molecule has 7 heteroatoms. The SMILES string of the molecule is Cc1ccc(C)c(-n2c(SCC(=O)NC(C)CCc3ccccc3)nc3ccsc3c2=O)c1. The zero-order chi connectivity index (χ0) is 23.4. The maximum Gasteiger partial charge on any atom is 0.276 e. The van der Waals surface area contributed by atoms with Crippen LogP contribution in [0.2, 0.25) is 0 Å². The zero-order valence-electron chi connectivity index (χ0n) is 19.0. The Kier molecular flexibility index (Phi) is 7.30. The van der Waals surface area contributed by atoms with Gasteiger partial charge in [-0.3, -0.25) is 14.2 Å². The molecule has 1 amide bonds. The van der Waals surface area contributed by atoms with E-state index < -0.39 is 0 Å². The second-order valence-electron chi connectivity index (χ2n) is 8.24. The summed E-state index contributed by atoms with van der Waals surface area (Å²) in [6.07, 6.45) is 1.78. The highest BCUT2D eigenvalue weighted by Gasteiger charge is 2.17. The highest BCUT2D eigenvalue weighted by molar-refractivity contribution is 7.99. The minimum Gasteiger partial charge on any atom is -0.353 e. The monoisotopic (exact) mass is 477 g/mol. The topological polar surface area (TPSA) is 64.0 Å². The van der Waals surface area contributed by atoms with Crippen molar-refractivity contribution in [2.75, 3.05) is 5.75 Å². The Labute approximate surface area is 201 Å². The van der Waals surface area contributed by atoms with Crippen LogP contribution in [0, 0.1) is 13.8 Å². The third-order valence-electron chi connectivity index (χ3n) is 5.50. The minimum atomic E-state index is -0.0946. The molecule has 33 heavy (non-hydrogen) atoms. The summed E-state index contributed by atoms with van der Waals surface area (Å²) in [5.74, 6) is 0.135. The predicted octanol–water partition coefficient (Wildman–Crippen LogP) is 5.29. The first kappa shape index (κ1) is 23.3. The van der Waals surface area contributed by atoms with Crippen molar-refractivity contribution in [1.29, 1.82) is 0 Å². The first-order chi connectivity index (χ1) is 15.9. The first-order valence-electron chi connectivity index (χ1n) is 11.0. The van der Waals surface area contributed by atoms with Gasteiger partial charge in [0.2, 0.25) is 5.91 Å². The molecular formula is C26H27N3O2S2. The lowest BCUT2D eigenvalue weighted by molar-refractivity contribution is -0.119. The minimum absolute atomic E-state index is 0.0619. The summed E-state index contributed by atoms with van der Waals surface area (Å²) < 4.78 is 2.28.